The lowest BCUT2D eigenvalue weighted by atomic mass is 10.2. The second-order valence-electron chi connectivity index (χ2n) is 4.42. The summed E-state index contributed by atoms with van der Waals surface area (Å²) in [6.45, 7) is 3.51. The van der Waals surface area contributed by atoms with Crippen molar-refractivity contribution in [3.05, 3.63) is 50.6 Å². The Kier molecular flexibility index (Phi) is 5.61. The summed E-state index contributed by atoms with van der Waals surface area (Å²) in [7, 11) is 0. The van der Waals surface area contributed by atoms with Crippen molar-refractivity contribution in [2.24, 2.45) is 0 Å². The van der Waals surface area contributed by atoms with Gasteiger partial charge >= 0.3 is 0 Å². The van der Waals surface area contributed by atoms with Gasteiger partial charge in [-0.3, -0.25) is 4.79 Å². The number of carbonyl (C=O) groups excluding carboxylic acids is 1. The van der Waals surface area contributed by atoms with Crippen molar-refractivity contribution < 1.29 is 4.79 Å². The molecule has 0 atom stereocenters. The topological polar surface area (TPSA) is 41.1 Å². The Labute approximate surface area is 131 Å². The van der Waals surface area contributed by atoms with Crippen LogP contribution in [-0.4, -0.2) is 12.5 Å². The minimum Gasteiger partial charge on any atom is -0.380 e. The molecule has 0 unspecified atom stereocenters. The van der Waals surface area contributed by atoms with Crippen LogP contribution in [0.3, 0.4) is 0 Å². The molecule has 20 heavy (non-hydrogen) atoms. The van der Waals surface area contributed by atoms with E-state index in [1.807, 2.05) is 31.2 Å². The van der Waals surface area contributed by atoms with Crippen molar-refractivity contribution >= 4 is 38.9 Å². The van der Waals surface area contributed by atoms with Crippen LogP contribution in [0.25, 0.3) is 0 Å². The fourth-order valence-corrected chi connectivity index (χ4v) is 3.14. The zero-order valence-corrected chi connectivity index (χ0v) is 13.7. The van der Waals surface area contributed by atoms with Crippen LogP contribution in [0.15, 0.2) is 40.2 Å². The van der Waals surface area contributed by atoms with Gasteiger partial charge in [0.1, 0.15) is 0 Å². The van der Waals surface area contributed by atoms with Gasteiger partial charge < -0.3 is 10.6 Å². The Bertz CT molecular complexity index is 583. The fourth-order valence-electron chi connectivity index (χ4n) is 1.75. The standard InChI is InChI=1S/C15H17BrN2OS/c1-2-6-17-15(19)11-4-3-5-13(7-11)18-9-14-8-12(16)10-20-14/h3-5,7-8,10,18H,2,6,9H2,1H3,(H,17,19). The average Bonchev–Trinajstić information content (AvgIpc) is 2.88. The summed E-state index contributed by atoms with van der Waals surface area (Å²) in [5, 5.41) is 8.28. The zero-order valence-electron chi connectivity index (χ0n) is 11.3. The van der Waals surface area contributed by atoms with E-state index in [4.69, 9.17) is 0 Å². The summed E-state index contributed by atoms with van der Waals surface area (Å²) in [6, 6.07) is 9.67. The van der Waals surface area contributed by atoms with Crippen LogP contribution in [0.1, 0.15) is 28.6 Å². The molecular weight excluding hydrogens is 336 g/mol. The molecule has 1 aromatic carbocycles. The van der Waals surface area contributed by atoms with Gasteiger partial charge in [0.15, 0.2) is 0 Å². The maximum atomic E-state index is 11.9. The first-order valence-electron chi connectivity index (χ1n) is 6.54. The van der Waals surface area contributed by atoms with Crippen LogP contribution >= 0.6 is 27.3 Å². The van der Waals surface area contributed by atoms with E-state index in [-0.39, 0.29) is 5.91 Å². The van der Waals surface area contributed by atoms with E-state index in [1.165, 1.54) is 4.88 Å². The quantitative estimate of drug-likeness (QED) is 0.815. The van der Waals surface area contributed by atoms with Crippen molar-refractivity contribution in [2.75, 3.05) is 11.9 Å². The molecule has 106 valence electrons. The maximum absolute atomic E-state index is 11.9. The van der Waals surface area contributed by atoms with Crippen molar-refractivity contribution in [3.63, 3.8) is 0 Å². The van der Waals surface area contributed by atoms with Crippen LogP contribution in [0, 0.1) is 0 Å². The number of hydrogen-bond donors (Lipinski definition) is 2. The van der Waals surface area contributed by atoms with E-state index in [0.717, 1.165) is 23.1 Å². The van der Waals surface area contributed by atoms with Gasteiger partial charge in [-0.1, -0.05) is 13.0 Å². The Morgan fingerprint density at radius 1 is 1.35 bits per heavy atom. The number of carbonyl (C=O) groups is 1. The fraction of sp³-hybridized carbons (Fsp3) is 0.267. The number of nitrogens with one attached hydrogen (secondary N) is 2. The molecule has 3 nitrogen and oxygen atoms in total. The normalized spacial score (nSPS) is 10.3. The molecule has 1 amide bonds. The average molecular weight is 353 g/mol. The molecule has 0 bridgehead atoms. The number of thiophene rings is 1. The Morgan fingerprint density at radius 3 is 2.90 bits per heavy atom. The highest BCUT2D eigenvalue weighted by Crippen LogP contribution is 2.21. The van der Waals surface area contributed by atoms with Crippen molar-refractivity contribution in [3.8, 4) is 0 Å². The van der Waals surface area contributed by atoms with Gasteiger partial charge in [-0.25, -0.2) is 0 Å². The van der Waals surface area contributed by atoms with E-state index >= 15 is 0 Å². The molecule has 0 radical (unpaired) electrons. The summed E-state index contributed by atoms with van der Waals surface area (Å²) in [4.78, 5) is 13.1. The number of rotatable bonds is 6. The second-order valence-corrected chi connectivity index (χ2v) is 6.33. The van der Waals surface area contributed by atoms with Crippen LogP contribution in [0.5, 0.6) is 0 Å². The molecule has 5 heteroatoms. The molecular formula is C15H17BrN2OS. The largest absolute Gasteiger partial charge is 0.380 e. The highest BCUT2D eigenvalue weighted by atomic mass is 79.9. The molecule has 0 aliphatic heterocycles. The SMILES string of the molecule is CCCNC(=O)c1cccc(NCc2cc(Br)cs2)c1. The molecule has 0 fully saturated rings. The minimum absolute atomic E-state index is 0.0191. The molecule has 0 saturated heterocycles. The first-order chi connectivity index (χ1) is 9.69. The Hall–Kier alpha value is -1.33. The minimum atomic E-state index is -0.0191. The van der Waals surface area contributed by atoms with Crippen molar-refractivity contribution in [2.45, 2.75) is 19.9 Å². The van der Waals surface area contributed by atoms with E-state index in [0.29, 0.717) is 12.1 Å². The van der Waals surface area contributed by atoms with Crippen molar-refractivity contribution in [1.82, 2.24) is 5.32 Å². The number of benzene rings is 1. The van der Waals surface area contributed by atoms with E-state index in [9.17, 15) is 4.79 Å². The van der Waals surface area contributed by atoms with Gasteiger partial charge in [0.2, 0.25) is 0 Å². The summed E-state index contributed by atoms with van der Waals surface area (Å²) in [6.07, 6.45) is 0.941. The molecule has 1 heterocycles. The molecule has 0 saturated carbocycles. The lowest BCUT2D eigenvalue weighted by Crippen LogP contribution is -2.23. The number of amides is 1. The predicted molar refractivity (Wildman–Crippen MR) is 88.4 cm³/mol. The van der Waals surface area contributed by atoms with E-state index < -0.39 is 0 Å². The predicted octanol–water partition coefficient (Wildman–Crippen LogP) is 4.26. The third kappa shape index (κ3) is 4.35. The third-order valence-corrected chi connectivity index (χ3v) is 4.45. The van der Waals surface area contributed by atoms with Gasteiger partial charge in [0.25, 0.3) is 5.91 Å². The van der Waals surface area contributed by atoms with Gasteiger partial charge in [0, 0.05) is 39.1 Å². The molecule has 0 aliphatic carbocycles. The summed E-state index contributed by atoms with van der Waals surface area (Å²) in [5.41, 5.74) is 1.65. The second kappa shape index (κ2) is 7.45. The Morgan fingerprint density at radius 2 is 2.20 bits per heavy atom. The number of anilines is 1. The molecule has 2 aromatic rings. The first-order valence-corrected chi connectivity index (χ1v) is 8.21. The lowest BCUT2D eigenvalue weighted by molar-refractivity contribution is 0.0953. The van der Waals surface area contributed by atoms with Gasteiger partial charge in [-0.05, 0) is 46.6 Å². The van der Waals surface area contributed by atoms with Crippen LogP contribution < -0.4 is 10.6 Å². The smallest absolute Gasteiger partial charge is 0.251 e. The monoisotopic (exact) mass is 352 g/mol. The molecule has 1 aromatic heterocycles. The molecule has 2 N–H and O–H groups in total. The van der Waals surface area contributed by atoms with Gasteiger partial charge in [0.05, 0.1) is 0 Å². The van der Waals surface area contributed by atoms with Gasteiger partial charge in [-0.2, -0.15) is 0 Å². The third-order valence-electron chi connectivity index (χ3n) is 2.75. The molecule has 0 spiro atoms. The first kappa shape index (κ1) is 15.1. The molecule has 2 rings (SSSR count). The number of hydrogen-bond acceptors (Lipinski definition) is 3. The van der Waals surface area contributed by atoms with Gasteiger partial charge in [-0.15, -0.1) is 11.3 Å². The zero-order chi connectivity index (χ0) is 14.4. The lowest BCUT2D eigenvalue weighted by Gasteiger charge is -2.08. The summed E-state index contributed by atoms with van der Waals surface area (Å²) < 4.78 is 1.10. The highest BCUT2D eigenvalue weighted by Gasteiger charge is 2.05. The number of halogens is 1. The summed E-state index contributed by atoms with van der Waals surface area (Å²) >= 11 is 5.14. The van der Waals surface area contributed by atoms with Crippen molar-refractivity contribution in [1.29, 1.82) is 0 Å². The highest BCUT2D eigenvalue weighted by molar-refractivity contribution is 9.10. The molecule has 0 aliphatic rings. The Balaban J connectivity index is 1.97. The summed E-state index contributed by atoms with van der Waals surface area (Å²) in [5.74, 6) is -0.0191. The van der Waals surface area contributed by atoms with Crippen LogP contribution in [0.2, 0.25) is 0 Å². The van der Waals surface area contributed by atoms with Crippen LogP contribution in [0.4, 0.5) is 5.69 Å². The van der Waals surface area contributed by atoms with E-state index in [2.05, 4.69) is 38.0 Å². The maximum Gasteiger partial charge on any atom is 0.251 e. The van der Waals surface area contributed by atoms with Crippen LogP contribution in [-0.2, 0) is 6.54 Å². The van der Waals surface area contributed by atoms with E-state index in [1.54, 1.807) is 11.3 Å².